The summed E-state index contributed by atoms with van der Waals surface area (Å²) in [5, 5.41) is 2.59. The Bertz CT molecular complexity index is 487. The number of carbonyl (C=O) groups is 2. The van der Waals surface area contributed by atoms with Gasteiger partial charge in [-0.05, 0) is 36.5 Å². The first-order valence-corrected chi connectivity index (χ1v) is 6.25. The largest absolute Gasteiger partial charge is 0.318 e. The quantitative estimate of drug-likeness (QED) is 0.753. The van der Waals surface area contributed by atoms with Gasteiger partial charge in [0.2, 0.25) is 0 Å². The van der Waals surface area contributed by atoms with Crippen LogP contribution in [0.25, 0.3) is 0 Å². The minimum atomic E-state index is -0.499. The van der Waals surface area contributed by atoms with Crippen LogP contribution in [0.15, 0.2) is 18.2 Å². The summed E-state index contributed by atoms with van der Waals surface area (Å²) in [5.74, 6) is -0.323. The molecule has 0 saturated heterocycles. The maximum Gasteiger partial charge on any atom is 0.296 e. The number of hydrogen-bond acceptors (Lipinski definition) is 2. The average Bonchev–Trinajstić information content (AvgIpc) is 2.66. The van der Waals surface area contributed by atoms with E-state index in [1.165, 1.54) is 37.7 Å². The summed E-state index contributed by atoms with van der Waals surface area (Å²) >= 11 is 0. The Morgan fingerprint density at radius 1 is 1.06 bits per heavy atom. The highest BCUT2D eigenvalue weighted by Crippen LogP contribution is 2.35. The monoisotopic (exact) mass is 229 g/mol. The van der Waals surface area contributed by atoms with Gasteiger partial charge in [0.15, 0.2) is 0 Å². The summed E-state index contributed by atoms with van der Waals surface area (Å²) in [4.78, 5) is 22.9. The molecular weight excluding hydrogens is 214 g/mol. The third kappa shape index (κ3) is 1.75. The lowest BCUT2D eigenvalue weighted by atomic mass is 9.83. The molecule has 0 radical (unpaired) electrons. The number of nitrogens with one attached hydrogen (secondary N) is 1. The van der Waals surface area contributed by atoms with E-state index in [0.717, 1.165) is 0 Å². The zero-order valence-electron chi connectivity index (χ0n) is 9.66. The van der Waals surface area contributed by atoms with Crippen LogP contribution in [0.2, 0.25) is 0 Å². The van der Waals surface area contributed by atoms with Crippen LogP contribution >= 0.6 is 0 Å². The number of carbonyl (C=O) groups excluding carboxylic acids is 2. The first-order valence-electron chi connectivity index (χ1n) is 6.25. The summed E-state index contributed by atoms with van der Waals surface area (Å²) in [6.07, 6.45) is 6.27. The van der Waals surface area contributed by atoms with Gasteiger partial charge >= 0.3 is 0 Å². The van der Waals surface area contributed by atoms with E-state index in [2.05, 4.69) is 5.32 Å². The topological polar surface area (TPSA) is 46.2 Å². The van der Waals surface area contributed by atoms with Crippen molar-refractivity contribution in [2.24, 2.45) is 0 Å². The number of hydrogen-bond donors (Lipinski definition) is 1. The number of Topliss-reactive ketones (excluding diaryl/α,β-unsaturated/α-hetero) is 1. The van der Waals surface area contributed by atoms with Gasteiger partial charge in [-0.15, -0.1) is 0 Å². The predicted octanol–water partition coefficient (Wildman–Crippen LogP) is 2.87. The molecule has 0 atom stereocenters. The molecule has 1 aliphatic heterocycles. The molecule has 1 heterocycles. The molecule has 17 heavy (non-hydrogen) atoms. The first kappa shape index (κ1) is 10.5. The van der Waals surface area contributed by atoms with Crippen LogP contribution in [0.3, 0.4) is 0 Å². The van der Waals surface area contributed by atoms with Crippen LogP contribution in [-0.4, -0.2) is 11.7 Å². The van der Waals surface area contributed by atoms with Crippen molar-refractivity contribution in [3.05, 3.63) is 29.3 Å². The van der Waals surface area contributed by atoms with Crippen molar-refractivity contribution in [1.82, 2.24) is 0 Å². The summed E-state index contributed by atoms with van der Waals surface area (Å²) in [6.45, 7) is 0. The minimum Gasteiger partial charge on any atom is -0.318 e. The third-order valence-corrected chi connectivity index (χ3v) is 3.82. The molecule has 0 unspecified atom stereocenters. The number of rotatable bonds is 1. The van der Waals surface area contributed by atoms with Crippen molar-refractivity contribution >= 4 is 17.4 Å². The van der Waals surface area contributed by atoms with Crippen molar-refractivity contribution in [3.8, 4) is 0 Å². The van der Waals surface area contributed by atoms with Gasteiger partial charge in [-0.1, -0.05) is 25.3 Å². The molecule has 0 aromatic heterocycles. The maximum atomic E-state index is 11.6. The predicted molar refractivity (Wildman–Crippen MR) is 65.2 cm³/mol. The van der Waals surface area contributed by atoms with Crippen LogP contribution < -0.4 is 5.32 Å². The van der Waals surface area contributed by atoms with E-state index >= 15 is 0 Å². The third-order valence-electron chi connectivity index (χ3n) is 3.82. The molecule has 3 nitrogen and oxygen atoms in total. The second-order valence-corrected chi connectivity index (χ2v) is 4.92. The molecule has 2 aliphatic rings. The molecule has 1 aliphatic carbocycles. The number of fused-ring (bicyclic) bond motifs is 1. The van der Waals surface area contributed by atoms with Crippen LogP contribution in [0, 0.1) is 0 Å². The zero-order chi connectivity index (χ0) is 11.8. The Morgan fingerprint density at radius 2 is 1.82 bits per heavy atom. The minimum absolute atomic E-state index is 0.391. The lowest BCUT2D eigenvalue weighted by Crippen LogP contribution is -2.12. The number of amides is 1. The second kappa shape index (κ2) is 3.99. The first-order chi connectivity index (χ1) is 8.25. The molecule has 1 aromatic carbocycles. The lowest BCUT2D eigenvalue weighted by molar-refractivity contribution is -0.112. The van der Waals surface area contributed by atoms with Gasteiger partial charge in [-0.25, -0.2) is 0 Å². The van der Waals surface area contributed by atoms with Crippen LogP contribution in [0.4, 0.5) is 5.69 Å². The van der Waals surface area contributed by atoms with Gasteiger partial charge in [0.25, 0.3) is 11.7 Å². The smallest absolute Gasteiger partial charge is 0.296 e. The number of benzene rings is 1. The van der Waals surface area contributed by atoms with E-state index in [0.29, 0.717) is 17.2 Å². The van der Waals surface area contributed by atoms with Crippen molar-refractivity contribution in [2.45, 2.75) is 38.0 Å². The molecule has 1 amide bonds. The molecule has 3 rings (SSSR count). The molecular formula is C14H15NO2. The fourth-order valence-electron chi connectivity index (χ4n) is 2.85. The molecule has 1 N–H and O–H groups in total. The highest BCUT2D eigenvalue weighted by Gasteiger charge is 2.28. The van der Waals surface area contributed by atoms with Crippen molar-refractivity contribution in [1.29, 1.82) is 0 Å². The van der Waals surface area contributed by atoms with E-state index in [1.54, 1.807) is 0 Å². The standard InChI is InChI=1S/C14H15NO2/c16-13-11-8-10(9-4-2-1-3-5-9)6-7-12(11)15-14(13)17/h6-9H,1-5H2,(H,15,16,17). The maximum absolute atomic E-state index is 11.6. The SMILES string of the molecule is O=C1Nc2ccc(C3CCCCC3)cc2C1=O. The van der Waals surface area contributed by atoms with Gasteiger partial charge in [0.1, 0.15) is 0 Å². The molecule has 0 bridgehead atoms. The van der Waals surface area contributed by atoms with E-state index in [-0.39, 0.29) is 0 Å². The molecule has 1 fully saturated rings. The van der Waals surface area contributed by atoms with Gasteiger partial charge in [0, 0.05) is 0 Å². The Morgan fingerprint density at radius 3 is 2.59 bits per heavy atom. The lowest BCUT2D eigenvalue weighted by Gasteiger charge is -2.22. The van der Waals surface area contributed by atoms with Crippen molar-refractivity contribution in [3.63, 3.8) is 0 Å². The van der Waals surface area contributed by atoms with E-state index in [1.807, 2.05) is 18.2 Å². The molecule has 1 aromatic rings. The molecule has 88 valence electrons. The molecule has 0 spiro atoms. The van der Waals surface area contributed by atoms with E-state index in [4.69, 9.17) is 0 Å². The fourth-order valence-corrected chi connectivity index (χ4v) is 2.85. The van der Waals surface area contributed by atoms with Crippen molar-refractivity contribution < 1.29 is 9.59 Å². The summed E-state index contributed by atoms with van der Waals surface area (Å²) in [6, 6.07) is 5.82. The summed E-state index contributed by atoms with van der Waals surface area (Å²) in [5.41, 5.74) is 2.44. The molecule has 1 saturated carbocycles. The van der Waals surface area contributed by atoms with Gasteiger partial charge in [0.05, 0.1) is 11.3 Å². The second-order valence-electron chi connectivity index (χ2n) is 4.92. The Balaban J connectivity index is 1.93. The number of ketones is 1. The van der Waals surface area contributed by atoms with Gasteiger partial charge in [-0.3, -0.25) is 9.59 Å². The average molecular weight is 229 g/mol. The van der Waals surface area contributed by atoms with Gasteiger partial charge in [-0.2, -0.15) is 0 Å². The normalized spacial score (nSPS) is 20.2. The van der Waals surface area contributed by atoms with E-state index < -0.39 is 11.7 Å². The highest BCUT2D eigenvalue weighted by molar-refractivity contribution is 6.51. The summed E-state index contributed by atoms with van der Waals surface area (Å²) < 4.78 is 0. The van der Waals surface area contributed by atoms with E-state index in [9.17, 15) is 9.59 Å². The van der Waals surface area contributed by atoms with Crippen LogP contribution in [0.1, 0.15) is 53.9 Å². The van der Waals surface area contributed by atoms with Crippen molar-refractivity contribution in [2.75, 3.05) is 5.32 Å². The Labute approximate surface area is 100 Å². The van der Waals surface area contributed by atoms with Crippen LogP contribution in [0.5, 0.6) is 0 Å². The fraction of sp³-hybridized carbons (Fsp3) is 0.429. The zero-order valence-corrected chi connectivity index (χ0v) is 9.66. The van der Waals surface area contributed by atoms with Crippen LogP contribution in [-0.2, 0) is 4.79 Å². The van der Waals surface area contributed by atoms with Gasteiger partial charge < -0.3 is 5.32 Å². The molecule has 3 heteroatoms. The Hall–Kier alpha value is -1.64. The highest BCUT2D eigenvalue weighted by atomic mass is 16.2. The summed E-state index contributed by atoms with van der Waals surface area (Å²) in [7, 11) is 0. The Kier molecular flexibility index (Phi) is 2.46. The number of anilines is 1.